The summed E-state index contributed by atoms with van der Waals surface area (Å²) >= 11 is 0. The minimum Gasteiger partial charge on any atom is -0.351 e. The Kier molecular flexibility index (Phi) is 3.15. The third-order valence-corrected chi connectivity index (χ3v) is 7.26. The normalized spacial score (nSPS) is 25.8. The number of nitrogens with zero attached hydrogens (tertiary/aromatic N) is 2. The van der Waals surface area contributed by atoms with Gasteiger partial charge >= 0.3 is 0 Å². The van der Waals surface area contributed by atoms with Crippen molar-refractivity contribution in [1.82, 2.24) is 9.47 Å². The number of Topliss-reactive ketones (excluding diaryl/α,β-unsaturated/α-hetero) is 2. The second kappa shape index (κ2) is 5.42. The van der Waals surface area contributed by atoms with Gasteiger partial charge in [-0.2, -0.15) is 0 Å². The fraction of sp³-hybridized carbons (Fsp3) is 0.333. The van der Waals surface area contributed by atoms with Crippen molar-refractivity contribution in [2.24, 2.45) is 7.05 Å². The first-order valence-electron chi connectivity index (χ1n) is 10.1. The molecule has 6 rings (SSSR count). The SMILES string of the molecule is Cn1ccc2cc([C@@H]3C[C@@H]4CCCN4C34C(=O)c3ccccc3C4=O)ccc21. The van der Waals surface area contributed by atoms with E-state index in [1.165, 1.54) is 5.52 Å². The smallest absolute Gasteiger partial charge is 0.192 e. The fourth-order valence-electron chi connectivity index (χ4n) is 6.05. The summed E-state index contributed by atoms with van der Waals surface area (Å²) < 4.78 is 2.10. The van der Waals surface area contributed by atoms with Gasteiger partial charge in [-0.1, -0.05) is 30.3 Å². The zero-order chi connectivity index (χ0) is 19.0. The Bertz CT molecular complexity index is 1120. The summed E-state index contributed by atoms with van der Waals surface area (Å²) in [6.45, 7) is 0.834. The maximum atomic E-state index is 13.8. The standard InChI is InChI=1S/C24H22N2O2/c1-25-12-10-16-13-15(8-9-21(16)25)20-14-17-5-4-11-26(17)24(20)22(27)18-6-2-3-7-19(18)23(24)28/h2-3,6-10,12-13,17,20H,4-5,11,14H2,1H3/t17-,20-/m0/s1. The van der Waals surface area contributed by atoms with E-state index in [-0.39, 0.29) is 17.5 Å². The third-order valence-electron chi connectivity index (χ3n) is 7.26. The fourth-order valence-corrected chi connectivity index (χ4v) is 6.05. The second-order valence-corrected chi connectivity index (χ2v) is 8.49. The minimum atomic E-state index is -1.05. The molecule has 2 atom stereocenters. The van der Waals surface area contributed by atoms with Gasteiger partial charge in [0.2, 0.25) is 0 Å². The number of benzene rings is 2. The van der Waals surface area contributed by atoms with E-state index in [0.717, 1.165) is 36.8 Å². The Hall–Kier alpha value is -2.72. The molecule has 2 saturated heterocycles. The number of rotatable bonds is 1. The number of hydrogen-bond acceptors (Lipinski definition) is 3. The molecule has 1 spiro atoms. The molecule has 0 radical (unpaired) electrons. The van der Waals surface area contributed by atoms with Gasteiger partial charge in [0, 0.05) is 41.8 Å². The van der Waals surface area contributed by atoms with Gasteiger partial charge in [-0.15, -0.1) is 0 Å². The summed E-state index contributed by atoms with van der Waals surface area (Å²) in [6.07, 6.45) is 5.07. The number of hydrogen-bond donors (Lipinski definition) is 0. The lowest BCUT2D eigenvalue weighted by Gasteiger charge is -2.36. The lowest BCUT2D eigenvalue weighted by Crippen LogP contribution is -2.56. The molecule has 3 heterocycles. The molecule has 28 heavy (non-hydrogen) atoms. The number of fused-ring (bicyclic) bond motifs is 4. The second-order valence-electron chi connectivity index (χ2n) is 8.49. The topological polar surface area (TPSA) is 42.3 Å². The molecule has 2 aliphatic heterocycles. The highest BCUT2D eigenvalue weighted by Gasteiger charge is 2.67. The molecule has 0 N–H and O–H groups in total. The van der Waals surface area contributed by atoms with Crippen LogP contribution < -0.4 is 0 Å². The van der Waals surface area contributed by atoms with Gasteiger partial charge in [0.1, 0.15) is 0 Å². The molecular weight excluding hydrogens is 348 g/mol. The van der Waals surface area contributed by atoms with Crippen LogP contribution in [0.25, 0.3) is 10.9 Å². The average molecular weight is 370 g/mol. The van der Waals surface area contributed by atoms with Crippen LogP contribution in [0, 0.1) is 0 Å². The van der Waals surface area contributed by atoms with Crippen molar-refractivity contribution in [3.05, 3.63) is 71.4 Å². The Balaban J connectivity index is 1.57. The Morgan fingerprint density at radius 1 is 1.00 bits per heavy atom. The molecule has 2 aromatic carbocycles. The van der Waals surface area contributed by atoms with E-state index in [2.05, 4.69) is 39.9 Å². The molecule has 1 aromatic heterocycles. The van der Waals surface area contributed by atoms with E-state index in [1.54, 1.807) is 0 Å². The number of aryl methyl sites for hydroxylation is 1. The van der Waals surface area contributed by atoms with Crippen LogP contribution in [0.15, 0.2) is 54.7 Å². The van der Waals surface area contributed by atoms with Crippen molar-refractivity contribution in [2.45, 2.75) is 36.8 Å². The van der Waals surface area contributed by atoms with Crippen molar-refractivity contribution in [3.63, 3.8) is 0 Å². The molecule has 4 nitrogen and oxygen atoms in total. The molecule has 3 aromatic rings. The zero-order valence-electron chi connectivity index (χ0n) is 15.9. The van der Waals surface area contributed by atoms with Gasteiger partial charge in [-0.25, -0.2) is 0 Å². The summed E-state index contributed by atoms with van der Waals surface area (Å²) in [5.41, 5.74) is 2.44. The molecule has 3 aliphatic rings. The van der Waals surface area contributed by atoms with E-state index in [0.29, 0.717) is 17.2 Å². The van der Waals surface area contributed by atoms with Crippen LogP contribution in [0.2, 0.25) is 0 Å². The van der Waals surface area contributed by atoms with Crippen LogP contribution in [0.4, 0.5) is 0 Å². The summed E-state index contributed by atoms with van der Waals surface area (Å²) in [6, 6.07) is 16.2. The summed E-state index contributed by atoms with van der Waals surface area (Å²) in [7, 11) is 2.04. The molecular formula is C24H22N2O2. The van der Waals surface area contributed by atoms with Crippen molar-refractivity contribution < 1.29 is 9.59 Å². The van der Waals surface area contributed by atoms with Crippen LogP contribution in [0.1, 0.15) is 51.5 Å². The summed E-state index contributed by atoms with van der Waals surface area (Å²) in [5, 5.41) is 1.16. The molecule has 0 saturated carbocycles. The van der Waals surface area contributed by atoms with Crippen LogP contribution in [-0.2, 0) is 7.05 Å². The van der Waals surface area contributed by atoms with Crippen molar-refractivity contribution >= 4 is 22.5 Å². The highest BCUT2D eigenvalue weighted by Crippen LogP contribution is 2.55. The molecule has 1 aliphatic carbocycles. The zero-order valence-corrected chi connectivity index (χ0v) is 15.9. The first kappa shape index (κ1) is 16.3. The lowest BCUT2D eigenvalue weighted by atomic mass is 9.75. The number of carbonyl (C=O) groups is 2. The maximum absolute atomic E-state index is 13.8. The van der Waals surface area contributed by atoms with Crippen molar-refractivity contribution in [2.75, 3.05) is 6.54 Å². The largest absolute Gasteiger partial charge is 0.351 e. The average Bonchev–Trinajstić information content (AvgIpc) is 3.44. The number of aromatic nitrogens is 1. The Morgan fingerprint density at radius 3 is 2.50 bits per heavy atom. The predicted octanol–water partition coefficient (Wildman–Crippen LogP) is 3.95. The number of ketones is 2. The van der Waals surface area contributed by atoms with E-state index in [4.69, 9.17) is 0 Å². The van der Waals surface area contributed by atoms with Crippen LogP contribution in [0.5, 0.6) is 0 Å². The Labute approximate surface area is 163 Å². The molecule has 2 fully saturated rings. The first-order valence-corrected chi connectivity index (χ1v) is 10.1. The van der Waals surface area contributed by atoms with Gasteiger partial charge in [-0.3, -0.25) is 14.5 Å². The van der Waals surface area contributed by atoms with Gasteiger partial charge in [0.05, 0.1) is 0 Å². The maximum Gasteiger partial charge on any atom is 0.192 e. The monoisotopic (exact) mass is 370 g/mol. The van der Waals surface area contributed by atoms with Crippen LogP contribution in [0.3, 0.4) is 0 Å². The van der Waals surface area contributed by atoms with Gasteiger partial charge in [0.25, 0.3) is 0 Å². The number of carbonyl (C=O) groups excluding carboxylic acids is 2. The molecule has 140 valence electrons. The van der Waals surface area contributed by atoms with Crippen molar-refractivity contribution in [3.8, 4) is 0 Å². The molecule has 4 heteroatoms. The van der Waals surface area contributed by atoms with Gasteiger partial charge in [0.15, 0.2) is 17.1 Å². The van der Waals surface area contributed by atoms with Gasteiger partial charge < -0.3 is 4.57 Å². The quantitative estimate of drug-likeness (QED) is 0.609. The first-order chi connectivity index (χ1) is 13.6. The Morgan fingerprint density at radius 2 is 1.75 bits per heavy atom. The highest BCUT2D eigenvalue weighted by molar-refractivity contribution is 6.33. The predicted molar refractivity (Wildman–Crippen MR) is 108 cm³/mol. The van der Waals surface area contributed by atoms with Crippen molar-refractivity contribution in [1.29, 1.82) is 0 Å². The van der Waals surface area contributed by atoms with E-state index < -0.39 is 5.54 Å². The molecule has 0 unspecified atom stereocenters. The van der Waals surface area contributed by atoms with Gasteiger partial charge in [-0.05, 0) is 55.0 Å². The van der Waals surface area contributed by atoms with E-state index in [9.17, 15) is 9.59 Å². The highest BCUT2D eigenvalue weighted by atomic mass is 16.2. The van der Waals surface area contributed by atoms with Crippen LogP contribution >= 0.6 is 0 Å². The summed E-state index contributed by atoms with van der Waals surface area (Å²) in [5.74, 6) is -0.0684. The third kappa shape index (κ3) is 1.79. The molecule has 0 amide bonds. The molecule has 0 bridgehead atoms. The lowest BCUT2D eigenvalue weighted by molar-refractivity contribution is 0.0555. The minimum absolute atomic E-state index is 0.00987. The summed E-state index contributed by atoms with van der Waals surface area (Å²) in [4.78, 5) is 29.8. The van der Waals surface area contributed by atoms with E-state index >= 15 is 0 Å². The van der Waals surface area contributed by atoms with Crippen LogP contribution in [-0.4, -0.2) is 39.2 Å². The van der Waals surface area contributed by atoms with E-state index in [1.807, 2.05) is 31.3 Å².